The molecule has 1 heterocycles. The lowest BCUT2D eigenvalue weighted by atomic mass is 10.1. The number of sulfonamides is 1. The zero-order valence-electron chi connectivity index (χ0n) is 13.3. The number of hydrogen-bond donors (Lipinski definition) is 2. The Morgan fingerprint density at radius 1 is 1.33 bits per heavy atom. The van der Waals surface area contributed by atoms with Crippen molar-refractivity contribution in [2.75, 3.05) is 13.1 Å². The minimum Gasteiger partial charge on any atom is -0.315 e. The quantitative estimate of drug-likeness (QED) is 0.610. The number of rotatable bonds is 11. The monoisotopic (exact) mass is 316 g/mol. The van der Waals surface area contributed by atoms with Crippen molar-refractivity contribution in [3.63, 3.8) is 0 Å². The highest BCUT2D eigenvalue weighted by molar-refractivity contribution is 7.89. The maximum Gasteiger partial charge on any atom is 0.243 e. The fourth-order valence-electron chi connectivity index (χ4n) is 2.07. The lowest BCUT2D eigenvalue weighted by Gasteiger charge is -2.12. The third-order valence-electron chi connectivity index (χ3n) is 3.28. The lowest BCUT2D eigenvalue weighted by Crippen LogP contribution is -2.32. The molecule has 2 N–H and O–H groups in total. The minimum absolute atomic E-state index is 0.0494. The largest absolute Gasteiger partial charge is 0.315 e. The van der Waals surface area contributed by atoms with Crippen LogP contribution in [0.25, 0.3) is 0 Å². The summed E-state index contributed by atoms with van der Waals surface area (Å²) in [6.07, 6.45) is 7.17. The summed E-state index contributed by atoms with van der Waals surface area (Å²) in [5.74, 6) is 0. The van der Waals surface area contributed by atoms with Crippen molar-refractivity contribution in [1.29, 1.82) is 0 Å². The van der Waals surface area contributed by atoms with E-state index in [0.29, 0.717) is 6.54 Å². The molecule has 0 aliphatic rings. The third kappa shape index (κ3) is 6.58. The van der Waals surface area contributed by atoms with Crippen LogP contribution in [0.4, 0.5) is 0 Å². The summed E-state index contributed by atoms with van der Waals surface area (Å²) in [5, 5.41) is 7.27. The van der Waals surface area contributed by atoms with E-state index in [-0.39, 0.29) is 10.9 Å². The Morgan fingerprint density at radius 2 is 2.10 bits per heavy atom. The molecule has 7 heteroatoms. The predicted octanol–water partition coefficient (Wildman–Crippen LogP) is 1.74. The number of unbranched alkanes of at least 4 members (excludes halogenated alkanes) is 2. The molecule has 0 bridgehead atoms. The maximum atomic E-state index is 12.2. The molecule has 0 spiro atoms. The second kappa shape index (κ2) is 9.17. The second-order valence-electron chi connectivity index (χ2n) is 5.31. The van der Waals surface area contributed by atoms with Crippen LogP contribution in [-0.4, -0.2) is 37.3 Å². The van der Waals surface area contributed by atoms with E-state index in [1.165, 1.54) is 6.20 Å². The van der Waals surface area contributed by atoms with Crippen LogP contribution < -0.4 is 10.0 Å². The van der Waals surface area contributed by atoms with Crippen molar-refractivity contribution < 1.29 is 8.42 Å². The Morgan fingerprint density at radius 3 is 2.76 bits per heavy atom. The zero-order valence-corrected chi connectivity index (χ0v) is 14.1. The van der Waals surface area contributed by atoms with Gasteiger partial charge in [-0.25, -0.2) is 13.1 Å². The molecule has 0 saturated heterocycles. The highest BCUT2D eigenvalue weighted by Crippen LogP contribution is 2.10. The summed E-state index contributed by atoms with van der Waals surface area (Å²) >= 11 is 0. The Bertz CT molecular complexity index is 499. The molecule has 1 aromatic rings. The second-order valence-corrected chi connectivity index (χ2v) is 7.02. The van der Waals surface area contributed by atoms with E-state index in [1.807, 2.05) is 13.8 Å². The van der Waals surface area contributed by atoms with Gasteiger partial charge in [0.2, 0.25) is 10.0 Å². The van der Waals surface area contributed by atoms with Crippen molar-refractivity contribution in [2.45, 2.75) is 63.9 Å². The van der Waals surface area contributed by atoms with Crippen LogP contribution in [0.1, 0.15) is 46.5 Å². The normalized spacial score (nSPS) is 13.5. The van der Waals surface area contributed by atoms with Gasteiger partial charge in [-0.1, -0.05) is 33.1 Å². The van der Waals surface area contributed by atoms with E-state index >= 15 is 0 Å². The SMILES string of the molecule is CCCCCC(C)NS(=O)(=O)c1cnn(CCNCC)c1. The summed E-state index contributed by atoms with van der Waals surface area (Å²) in [6.45, 7) is 8.40. The molecule has 1 aromatic heterocycles. The van der Waals surface area contributed by atoms with E-state index in [0.717, 1.165) is 38.8 Å². The smallest absolute Gasteiger partial charge is 0.243 e. The van der Waals surface area contributed by atoms with Gasteiger partial charge < -0.3 is 5.32 Å². The number of nitrogens with zero attached hydrogens (tertiary/aromatic N) is 2. The van der Waals surface area contributed by atoms with Crippen molar-refractivity contribution in [3.05, 3.63) is 12.4 Å². The van der Waals surface area contributed by atoms with Gasteiger partial charge in [0.05, 0.1) is 12.7 Å². The zero-order chi connectivity index (χ0) is 15.7. The van der Waals surface area contributed by atoms with E-state index < -0.39 is 10.0 Å². The Labute approximate surface area is 128 Å². The summed E-state index contributed by atoms with van der Waals surface area (Å²) in [4.78, 5) is 0.237. The average molecular weight is 316 g/mol. The van der Waals surface area contributed by atoms with Crippen LogP contribution in [-0.2, 0) is 16.6 Å². The molecule has 0 radical (unpaired) electrons. The van der Waals surface area contributed by atoms with Crippen LogP contribution in [0, 0.1) is 0 Å². The molecule has 0 saturated carbocycles. The van der Waals surface area contributed by atoms with Crippen molar-refractivity contribution >= 4 is 10.0 Å². The Balaban J connectivity index is 2.53. The van der Waals surface area contributed by atoms with Gasteiger partial charge in [0, 0.05) is 18.8 Å². The van der Waals surface area contributed by atoms with Crippen molar-refractivity contribution in [1.82, 2.24) is 19.8 Å². The van der Waals surface area contributed by atoms with Gasteiger partial charge in [0.1, 0.15) is 4.90 Å². The van der Waals surface area contributed by atoms with Gasteiger partial charge in [-0.3, -0.25) is 4.68 Å². The maximum absolute atomic E-state index is 12.2. The Kier molecular flexibility index (Phi) is 7.92. The standard InChI is InChI=1S/C14H28N4O2S/c1-4-6-7-8-13(3)17-21(19,20)14-11-16-18(12-14)10-9-15-5-2/h11-13,15,17H,4-10H2,1-3H3. The molecule has 6 nitrogen and oxygen atoms in total. The topological polar surface area (TPSA) is 76.0 Å². The number of aromatic nitrogens is 2. The van der Waals surface area contributed by atoms with Gasteiger partial charge in [-0.15, -0.1) is 0 Å². The average Bonchev–Trinajstić information content (AvgIpc) is 2.88. The van der Waals surface area contributed by atoms with Crippen molar-refractivity contribution in [3.8, 4) is 0 Å². The van der Waals surface area contributed by atoms with E-state index in [4.69, 9.17) is 0 Å². The van der Waals surface area contributed by atoms with Gasteiger partial charge in [-0.2, -0.15) is 5.10 Å². The summed E-state index contributed by atoms with van der Waals surface area (Å²) < 4.78 is 28.8. The number of hydrogen-bond acceptors (Lipinski definition) is 4. The predicted molar refractivity (Wildman–Crippen MR) is 84.7 cm³/mol. The lowest BCUT2D eigenvalue weighted by molar-refractivity contribution is 0.526. The fourth-order valence-corrected chi connectivity index (χ4v) is 3.30. The first-order chi connectivity index (χ1) is 9.99. The molecule has 0 amide bonds. The Hall–Kier alpha value is -0.920. The molecule has 0 fully saturated rings. The fraction of sp³-hybridized carbons (Fsp3) is 0.786. The van der Waals surface area contributed by atoms with Crippen LogP contribution >= 0.6 is 0 Å². The third-order valence-corrected chi connectivity index (χ3v) is 4.83. The van der Waals surface area contributed by atoms with E-state index in [9.17, 15) is 8.42 Å². The van der Waals surface area contributed by atoms with Crippen LogP contribution in [0.2, 0.25) is 0 Å². The highest BCUT2D eigenvalue weighted by Gasteiger charge is 2.19. The molecular weight excluding hydrogens is 288 g/mol. The van der Waals surface area contributed by atoms with Gasteiger partial charge in [-0.05, 0) is 19.9 Å². The summed E-state index contributed by atoms with van der Waals surface area (Å²) in [6, 6.07) is -0.0494. The van der Waals surface area contributed by atoms with E-state index in [2.05, 4.69) is 22.1 Å². The molecule has 122 valence electrons. The summed E-state index contributed by atoms with van der Waals surface area (Å²) in [5.41, 5.74) is 0. The number of likely N-dealkylation sites (N-methyl/N-ethyl adjacent to an activating group) is 1. The molecule has 21 heavy (non-hydrogen) atoms. The molecule has 0 aromatic carbocycles. The van der Waals surface area contributed by atoms with Crippen molar-refractivity contribution in [2.24, 2.45) is 0 Å². The van der Waals surface area contributed by atoms with Crippen LogP contribution in [0.5, 0.6) is 0 Å². The van der Waals surface area contributed by atoms with Crippen LogP contribution in [0.15, 0.2) is 17.3 Å². The first kappa shape index (κ1) is 18.1. The molecule has 1 rings (SSSR count). The molecule has 0 aliphatic heterocycles. The molecule has 1 unspecified atom stereocenters. The molecule has 1 atom stereocenters. The molecule has 0 aliphatic carbocycles. The first-order valence-corrected chi connectivity index (χ1v) is 9.23. The minimum atomic E-state index is -3.46. The van der Waals surface area contributed by atoms with Crippen LogP contribution in [0.3, 0.4) is 0 Å². The molecular formula is C14H28N4O2S. The van der Waals surface area contributed by atoms with Gasteiger partial charge >= 0.3 is 0 Å². The highest BCUT2D eigenvalue weighted by atomic mass is 32.2. The first-order valence-electron chi connectivity index (χ1n) is 7.75. The summed E-state index contributed by atoms with van der Waals surface area (Å²) in [7, 11) is -3.46. The number of nitrogens with one attached hydrogen (secondary N) is 2. The van der Waals surface area contributed by atoms with E-state index in [1.54, 1.807) is 10.9 Å². The van der Waals surface area contributed by atoms with Gasteiger partial charge in [0.15, 0.2) is 0 Å². The van der Waals surface area contributed by atoms with Gasteiger partial charge in [0.25, 0.3) is 0 Å².